The molecule has 2 aromatic carbocycles. The van der Waals surface area contributed by atoms with Gasteiger partial charge in [0.1, 0.15) is 17.2 Å². The molecule has 0 aliphatic carbocycles. The molecule has 0 atom stereocenters. The maximum absolute atomic E-state index is 6.00. The minimum atomic E-state index is 0. The number of para-hydroxylation sites is 2. The molecular weight excluding hydrogens is 495 g/mol. The summed E-state index contributed by atoms with van der Waals surface area (Å²) in [6.07, 6.45) is 1.68. The Hall–Kier alpha value is -3.01. The zero-order chi connectivity index (χ0) is 20.5. The lowest BCUT2D eigenvalue weighted by Gasteiger charge is -2.10. The minimum absolute atomic E-state index is 0. The largest absolute Gasteiger partial charge is 0.495 e. The van der Waals surface area contributed by atoms with E-state index < -0.39 is 0 Å². The van der Waals surface area contributed by atoms with Crippen molar-refractivity contribution in [2.24, 2.45) is 10.7 Å². The normalized spacial score (nSPS) is 10.7. The molecule has 3 aromatic rings. The topological polar surface area (TPSA) is 91.0 Å². The first-order valence-corrected chi connectivity index (χ1v) is 9.23. The van der Waals surface area contributed by atoms with E-state index in [1.54, 1.807) is 13.3 Å². The summed E-state index contributed by atoms with van der Waals surface area (Å²) in [5.41, 5.74) is 7.68. The predicted octanol–water partition coefficient (Wildman–Crippen LogP) is 4.83. The fraction of sp³-hybridized carbons (Fsp3) is 0.182. The molecular formula is C22H25IN4O3. The lowest BCUT2D eigenvalue weighted by molar-refractivity contribution is 0.339. The third-order valence-corrected chi connectivity index (χ3v) is 3.96. The van der Waals surface area contributed by atoms with E-state index >= 15 is 0 Å². The molecule has 8 heteroatoms. The summed E-state index contributed by atoms with van der Waals surface area (Å²) in [4.78, 5) is 8.62. The summed E-state index contributed by atoms with van der Waals surface area (Å²) in [6.45, 7) is 2.95. The van der Waals surface area contributed by atoms with Crippen LogP contribution in [0.4, 0.5) is 5.69 Å². The molecule has 7 nitrogen and oxygen atoms in total. The van der Waals surface area contributed by atoms with Crippen LogP contribution in [0.2, 0.25) is 0 Å². The molecule has 3 N–H and O–H groups in total. The van der Waals surface area contributed by atoms with Crippen LogP contribution in [0.3, 0.4) is 0 Å². The quantitative estimate of drug-likeness (QED) is 0.251. The van der Waals surface area contributed by atoms with Crippen molar-refractivity contribution >= 4 is 35.6 Å². The van der Waals surface area contributed by atoms with Crippen molar-refractivity contribution in [1.29, 1.82) is 0 Å². The number of halogens is 1. The first-order valence-electron chi connectivity index (χ1n) is 9.23. The predicted molar refractivity (Wildman–Crippen MR) is 129 cm³/mol. The minimum Gasteiger partial charge on any atom is -0.495 e. The fourth-order valence-electron chi connectivity index (χ4n) is 2.60. The zero-order valence-electron chi connectivity index (χ0n) is 16.9. The van der Waals surface area contributed by atoms with E-state index in [1.165, 1.54) is 0 Å². The molecule has 30 heavy (non-hydrogen) atoms. The van der Waals surface area contributed by atoms with Crippen LogP contribution in [-0.4, -0.2) is 24.7 Å². The molecule has 1 aromatic heterocycles. The number of nitrogens with one attached hydrogen (secondary N) is 1. The van der Waals surface area contributed by atoms with Crippen molar-refractivity contribution in [3.8, 4) is 23.1 Å². The number of benzene rings is 2. The highest BCUT2D eigenvalue weighted by Gasteiger charge is 2.04. The van der Waals surface area contributed by atoms with E-state index in [9.17, 15) is 0 Å². The second-order valence-corrected chi connectivity index (χ2v) is 6.04. The van der Waals surface area contributed by atoms with Gasteiger partial charge in [0.15, 0.2) is 5.96 Å². The van der Waals surface area contributed by atoms with E-state index in [0.717, 1.165) is 17.0 Å². The van der Waals surface area contributed by atoms with Crippen molar-refractivity contribution < 1.29 is 14.2 Å². The molecule has 0 aliphatic rings. The number of hydrogen-bond acceptors (Lipinski definition) is 5. The highest BCUT2D eigenvalue weighted by Crippen LogP contribution is 2.24. The van der Waals surface area contributed by atoms with E-state index in [4.69, 9.17) is 19.9 Å². The number of hydrogen-bond donors (Lipinski definition) is 2. The molecule has 0 saturated heterocycles. The van der Waals surface area contributed by atoms with Gasteiger partial charge in [-0.1, -0.05) is 12.1 Å². The number of aromatic nitrogens is 1. The van der Waals surface area contributed by atoms with E-state index in [2.05, 4.69) is 15.3 Å². The number of ether oxygens (including phenoxy) is 3. The van der Waals surface area contributed by atoms with Gasteiger partial charge in [-0.15, -0.1) is 24.0 Å². The number of aliphatic imine (C=N–C) groups is 1. The Bertz CT molecular complexity index is 965. The maximum atomic E-state index is 6.00. The lowest BCUT2D eigenvalue weighted by Crippen LogP contribution is -2.22. The standard InChI is InChI=1S/C22H24N4O3.HI/c1-3-28-17-8-10-18(11-9-17)29-21-14-16(12-13-24-21)15-25-22(23)26-19-6-4-5-7-20(19)27-2;/h4-14H,3,15H2,1-2H3,(H3,23,25,26);1H. The van der Waals surface area contributed by atoms with Crippen molar-refractivity contribution in [3.63, 3.8) is 0 Å². The highest BCUT2D eigenvalue weighted by atomic mass is 127. The number of rotatable bonds is 8. The van der Waals surface area contributed by atoms with Crippen molar-refractivity contribution in [2.75, 3.05) is 19.0 Å². The van der Waals surface area contributed by atoms with Gasteiger partial charge in [-0.3, -0.25) is 0 Å². The SMILES string of the molecule is CCOc1ccc(Oc2cc(CN=C(N)Nc3ccccc3OC)ccn2)cc1.I. The van der Waals surface area contributed by atoms with Gasteiger partial charge in [0.05, 0.1) is 25.9 Å². The average molecular weight is 520 g/mol. The summed E-state index contributed by atoms with van der Waals surface area (Å²) < 4.78 is 16.5. The summed E-state index contributed by atoms with van der Waals surface area (Å²) >= 11 is 0. The number of pyridine rings is 1. The molecule has 3 rings (SSSR count). The van der Waals surface area contributed by atoms with Gasteiger partial charge in [0.25, 0.3) is 0 Å². The molecule has 0 unspecified atom stereocenters. The fourth-order valence-corrected chi connectivity index (χ4v) is 2.60. The van der Waals surface area contributed by atoms with Crippen LogP contribution in [-0.2, 0) is 6.54 Å². The van der Waals surface area contributed by atoms with Crippen LogP contribution in [0, 0.1) is 0 Å². The zero-order valence-corrected chi connectivity index (χ0v) is 19.2. The lowest BCUT2D eigenvalue weighted by atomic mass is 10.2. The van der Waals surface area contributed by atoms with Crippen LogP contribution in [0.15, 0.2) is 71.9 Å². The number of nitrogens with two attached hydrogens (primary N) is 1. The molecule has 1 heterocycles. The Kier molecular flexibility index (Phi) is 9.20. The summed E-state index contributed by atoms with van der Waals surface area (Å²) in [7, 11) is 1.61. The summed E-state index contributed by atoms with van der Waals surface area (Å²) in [6, 6.07) is 18.6. The van der Waals surface area contributed by atoms with Gasteiger partial charge < -0.3 is 25.3 Å². The average Bonchev–Trinajstić information content (AvgIpc) is 2.75. The molecule has 0 saturated carbocycles. The Morgan fingerprint density at radius 2 is 1.80 bits per heavy atom. The third kappa shape index (κ3) is 6.80. The molecule has 158 valence electrons. The first kappa shape index (κ1) is 23.3. The number of anilines is 1. The molecule has 0 amide bonds. The Morgan fingerprint density at radius 3 is 2.53 bits per heavy atom. The smallest absolute Gasteiger partial charge is 0.219 e. The van der Waals surface area contributed by atoms with Gasteiger partial charge >= 0.3 is 0 Å². The molecule has 0 fully saturated rings. The highest BCUT2D eigenvalue weighted by molar-refractivity contribution is 14.0. The van der Waals surface area contributed by atoms with Crippen LogP contribution >= 0.6 is 24.0 Å². The third-order valence-electron chi connectivity index (χ3n) is 3.96. The number of methoxy groups -OCH3 is 1. The summed E-state index contributed by atoms with van der Waals surface area (Å²) in [5.74, 6) is 2.95. The van der Waals surface area contributed by atoms with Crippen LogP contribution in [0.5, 0.6) is 23.1 Å². The molecule has 0 aliphatic heterocycles. The Balaban J connectivity index is 0.00000320. The molecule has 0 bridgehead atoms. The van der Waals surface area contributed by atoms with Gasteiger partial charge in [-0.05, 0) is 55.0 Å². The van der Waals surface area contributed by atoms with Gasteiger partial charge in [-0.25, -0.2) is 9.98 Å². The van der Waals surface area contributed by atoms with Gasteiger partial charge in [0.2, 0.25) is 5.88 Å². The Morgan fingerprint density at radius 1 is 1.07 bits per heavy atom. The van der Waals surface area contributed by atoms with Crippen molar-refractivity contribution in [3.05, 3.63) is 72.4 Å². The van der Waals surface area contributed by atoms with E-state index in [-0.39, 0.29) is 24.0 Å². The molecule has 0 radical (unpaired) electrons. The van der Waals surface area contributed by atoms with Crippen LogP contribution in [0.25, 0.3) is 0 Å². The van der Waals surface area contributed by atoms with Gasteiger partial charge in [0, 0.05) is 12.3 Å². The van der Waals surface area contributed by atoms with E-state index in [1.807, 2.05) is 67.6 Å². The molecule has 0 spiro atoms. The monoisotopic (exact) mass is 520 g/mol. The Labute approximate surface area is 193 Å². The first-order chi connectivity index (χ1) is 14.2. The second kappa shape index (κ2) is 11.9. The van der Waals surface area contributed by atoms with Crippen molar-refractivity contribution in [2.45, 2.75) is 13.5 Å². The van der Waals surface area contributed by atoms with Crippen LogP contribution < -0.4 is 25.3 Å². The number of guanidine groups is 1. The maximum Gasteiger partial charge on any atom is 0.219 e. The second-order valence-electron chi connectivity index (χ2n) is 6.04. The van der Waals surface area contributed by atoms with Crippen LogP contribution in [0.1, 0.15) is 12.5 Å². The number of nitrogens with zero attached hydrogens (tertiary/aromatic N) is 2. The van der Waals surface area contributed by atoms with E-state index in [0.29, 0.717) is 36.5 Å². The summed E-state index contributed by atoms with van der Waals surface area (Å²) in [5, 5.41) is 3.05. The van der Waals surface area contributed by atoms with Crippen molar-refractivity contribution in [1.82, 2.24) is 4.98 Å². The van der Waals surface area contributed by atoms with Gasteiger partial charge in [-0.2, -0.15) is 0 Å².